The van der Waals surface area contributed by atoms with Gasteiger partial charge in [0.15, 0.2) is 5.65 Å². The molecule has 0 atom stereocenters. The third-order valence-corrected chi connectivity index (χ3v) is 3.11. The van der Waals surface area contributed by atoms with Crippen LogP contribution in [-0.2, 0) is 7.05 Å². The third kappa shape index (κ3) is 1.57. The maximum absolute atomic E-state index is 4.68. The number of rotatable bonds is 1. The first-order chi connectivity index (χ1) is 8.66. The zero-order chi connectivity index (χ0) is 12.7. The normalized spacial score (nSPS) is 11.1. The third-order valence-electron chi connectivity index (χ3n) is 3.11. The molecule has 0 fully saturated rings. The van der Waals surface area contributed by atoms with Crippen LogP contribution in [0.15, 0.2) is 30.7 Å². The summed E-state index contributed by atoms with van der Waals surface area (Å²) < 4.78 is 2.02. The van der Waals surface area contributed by atoms with Gasteiger partial charge in [0.2, 0.25) is 0 Å². The summed E-state index contributed by atoms with van der Waals surface area (Å²) in [6, 6.07) is 4.05. The molecule has 18 heavy (non-hydrogen) atoms. The predicted molar refractivity (Wildman–Crippen MR) is 71.2 cm³/mol. The topological polar surface area (TPSA) is 43.6 Å². The molecule has 4 heteroatoms. The van der Waals surface area contributed by atoms with Crippen LogP contribution < -0.4 is 0 Å². The van der Waals surface area contributed by atoms with Crippen molar-refractivity contribution >= 4 is 11.2 Å². The average Bonchev–Trinajstić information content (AvgIpc) is 2.67. The Balaban J connectivity index is 2.31. The number of fused-ring (bicyclic) bond motifs is 1. The summed E-state index contributed by atoms with van der Waals surface area (Å²) in [5.41, 5.74) is 5.19. The minimum Gasteiger partial charge on any atom is -0.312 e. The number of hydrogen-bond acceptors (Lipinski definition) is 3. The average molecular weight is 238 g/mol. The minimum absolute atomic E-state index is 0.909. The van der Waals surface area contributed by atoms with Gasteiger partial charge in [-0.05, 0) is 37.1 Å². The molecule has 0 aromatic carbocycles. The molecule has 0 amide bonds. The molecule has 0 spiro atoms. The lowest BCUT2D eigenvalue weighted by molar-refractivity contribution is 0.938. The van der Waals surface area contributed by atoms with E-state index in [4.69, 9.17) is 0 Å². The Kier molecular flexibility index (Phi) is 2.37. The van der Waals surface area contributed by atoms with E-state index in [1.54, 1.807) is 6.20 Å². The minimum atomic E-state index is 0.909. The summed E-state index contributed by atoms with van der Waals surface area (Å²) in [7, 11) is 1.99. The molecule has 3 aromatic rings. The van der Waals surface area contributed by atoms with E-state index in [9.17, 15) is 0 Å². The molecule has 0 saturated carbocycles. The maximum atomic E-state index is 4.68. The molecule has 0 aliphatic heterocycles. The van der Waals surface area contributed by atoms with Gasteiger partial charge in [-0.25, -0.2) is 9.97 Å². The summed E-state index contributed by atoms with van der Waals surface area (Å²) in [6.07, 6.45) is 5.51. The fraction of sp³-hybridized carbons (Fsp3) is 0.214. The van der Waals surface area contributed by atoms with Gasteiger partial charge in [0.25, 0.3) is 0 Å². The molecule has 0 unspecified atom stereocenters. The quantitative estimate of drug-likeness (QED) is 0.654. The van der Waals surface area contributed by atoms with E-state index in [0.29, 0.717) is 0 Å². The molecule has 3 rings (SSSR count). The van der Waals surface area contributed by atoms with E-state index in [1.165, 1.54) is 0 Å². The second-order valence-electron chi connectivity index (χ2n) is 4.54. The molecule has 0 radical (unpaired) electrons. The van der Waals surface area contributed by atoms with E-state index in [-0.39, 0.29) is 0 Å². The van der Waals surface area contributed by atoms with Crippen molar-refractivity contribution in [3.05, 3.63) is 41.9 Å². The van der Waals surface area contributed by atoms with E-state index in [1.807, 2.05) is 43.9 Å². The number of nitrogens with zero attached hydrogens (tertiary/aromatic N) is 4. The fourth-order valence-corrected chi connectivity index (χ4v) is 2.14. The van der Waals surface area contributed by atoms with E-state index < -0.39 is 0 Å². The Morgan fingerprint density at radius 2 is 2.00 bits per heavy atom. The number of aryl methyl sites for hydroxylation is 3. The first-order valence-electron chi connectivity index (χ1n) is 5.87. The molecule has 0 bridgehead atoms. The second-order valence-corrected chi connectivity index (χ2v) is 4.54. The Morgan fingerprint density at radius 1 is 1.17 bits per heavy atom. The van der Waals surface area contributed by atoms with E-state index in [2.05, 4.69) is 21.0 Å². The van der Waals surface area contributed by atoms with Gasteiger partial charge in [0, 0.05) is 31.2 Å². The highest BCUT2D eigenvalue weighted by Crippen LogP contribution is 2.24. The van der Waals surface area contributed by atoms with Crippen molar-refractivity contribution in [1.29, 1.82) is 0 Å². The monoisotopic (exact) mass is 238 g/mol. The Labute approximate surface area is 105 Å². The van der Waals surface area contributed by atoms with Crippen LogP contribution in [-0.4, -0.2) is 19.5 Å². The highest BCUT2D eigenvalue weighted by atomic mass is 15.1. The first-order valence-corrected chi connectivity index (χ1v) is 5.87. The lowest BCUT2D eigenvalue weighted by atomic mass is 10.1. The van der Waals surface area contributed by atoms with Gasteiger partial charge in [-0.2, -0.15) is 0 Å². The lowest BCUT2D eigenvalue weighted by Gasteiger charge is -2.04. The summed E-state index contributed by atoms with van der Waals surface area (Å²) in [5, 5.41) is 0. The van der Waals surface area contributed by atoms with Crippen LogP contribution >= 0.6 is 0 Å². The molecule has 0 aliphatic rings. The Morgan fingerprint density at radius 3 is 2.78 bits per heavy atom. The van der Waals surface area contributed by atoms with Crippen molar-refractivity contribution in [2.45, 2.75) is 13.8 Å². The van der Waals surface area contributed by atoms with Crippen LogP contribution in [0.1, 0.15) is 11.1 Å². The van der Waals surface area contributed by atoms with E-state index in [0.717, 1.165) is 33.7 Å². The molecule has 0 aliphatic carbocycles. The van der Waals surface area contributed by atoms with Crippen LogP contribution in [0.4, 0.5) is 0 Å². The Bertz CT molecular complexity index is 728. The van der Waals surface area contributed by atoms with Crippen molar-refractivity contribution in [2.75, 3.05) is 0 Å². The zero-order valence-electron chi connectivity index (χ0n) is 10.7. The fourth-order valence-electron chi connectivity index (χ4n) is 2.14. The molecule has 4 nitrogen and oxygen atoms in total. The van der Waals surface area contributed by atoms with Crippen LogP contribution in [0.5, 0.6) is 0 Å². The van der Waals surface area contributed by atoms with Crippen molar-refractivity contribution in [3.8, 4) is 11.4 Å². The van der Waals surface area contributed by atoms with Crippen LogP contribution in [0, 0.1) is 13.8 Å². The number of pyridine rings is 2. The summed E-state index contributed by atoms with van der Waals surface area (Å²) in [4.78, 5) is 13.2. The summed E-state index contributed by atoms with van der Waals surface area (Å²) in [5.74, 6) is 0.933. The first kappa shape index (κ1) is 10.9. The zero-order valence-corrected chi connectivity index (χ0v) is 10.7. The van der Waals surface area contributed by atoms with Crippen molar-refractivity contribution in [1.82, 2.24) is 19.5 Å². The van der Waals surface area contributed by atoms with Gasteiger partial charge in [-0.15, -0.1) is 0 Å². The van der Waals surface area contributed by atoms with Gasteiger partial charge in [-0.1, -0.05) is 0 Å². The standard InChI is InChI=1S/C14H14N4/c1-9-6-12-14(16-7-9)18(3)13(17-12)11-4-5-15-8-10(11)2/h4-8H,1-3H3. The molecular weight excluding hydrogens is 224 g/mol. The molecule has 90 valence electrons. The largest absolute Gasteiger partial charge is 0.312 e. The lowest BCUT2D eigenvalue weighted by Crippen LogP contribution is -1.95. The van der Waals surface area contributed by atoms with Crippen LogP contribution in [0.25, 0.3) is 22.6 Å². The highest BCUT2D eigenvalue weighted by molar-refractivity contribution is 5.78. The van der Waals surface area contributed by atoms with Crippen LogP contribution in [0.2, 0.25) is 0 Å². The van der Waals surface area contributed by atoms with Gasteiger partial charge in [0.1, 0.15) is 11.3 Å². The predicted octanol–water partition coefficient (Wildman–Crippen LogP) is 2.65. The number of hydrogen-bond donors (Lipinski definition) is 0. The molecular formula is C14H14N4. The molecule has 3 aromatic heterocycles. The van der Waals surface area contributed by atoms with Gasteiger partial charge in [0.05, 0.1) is 0 Å². The van der Waals surface area contributed by atoms with Gasteiger partial charge in [-0.3, -0.25) is 4.98 Å². The van der Waals surface area contributed by atoms with Gasteiger partial charge >= 0.3 is 0 Å². The number of imidazole rings is 1. The molecule has 0 saturated heterocycles. The summed E-state index contributed by atoms with van der Waals surface area (Å²) >= 11 is 0. The van der Waals surface area contributed by atoms with Crippen molar-refractivity contribution < 1.29 is 0 Å². The van der Waals surface area contributed by atoms with Crippen molar-refractivity contribution in [2.24, 2.45) is 7.05 Å². The Hall–Kier alpha value is -2.23. The second kappa shape index (κ2) is 3.91. The highest BCUT2D eigenvalue weighted by Gasteiger charge is 2.12. The molecule has 3 heterocycles. The van der Waals surface area contributed by atoms with Crippen LogP contribution in [0.3, 0.4) is 0 Å². The summed E-state index contributed by atoms with van der Waals surface area (Å²) in [6.45, 7) is 4.07. The smallest absolute Gasteiger partial charge is 0.160 e. The van der Waals surface area contributed by atoms with Crippen molar-refractivity contribution in [3.63, 3.8) is 0 Å². The SMILES string of the molecule is Cc1cnc2c(c1)nc(-c1ccncc1C)n2C. The number of aromatic nitrogens is 4. The molecule has 0 N–H and O–H groups in total. The van der Waals surface area contributed by atoms with E-state index >= 15 is 0 Å². The van der Waals surface area contributed by atoms with Gasteiger partial charge < -0.3 is 4.57 Å². The maximum Gasteiger partial charge on any atom is 0.160 e.